The van der Waals surface area contributed by atoms with Crippen molar-refractivity contribution in [1.29, 1.82) is 5.26 Å². The fourth-order valence-corrected chi connectivity index (χ4v) is 3.34. The summed E-state index contributed by atoms with van der Waals surface area (Å²) in [5, 5.41) is 15.1. The summed E-state index contributed by atoms with van der Waals surface area (Å²) in [6.45, 7) is 3.54. The molecule has 0 saturated heterocycles. The van der Waals surface area contributed by atoms with Gasteiger partial charge in [0.05, 0.1) is 28.9 Å². The number of anilines is 2. The number of halogens is 1. The van der Waals surface area contributed by atoms with E-state index in [1.807, 2.05) is 11.5 Å². The third kappa shape index (κ3) is 4.32. The molecule has 3 heterocycles. The molecule has 0 aliphatic carbocycles. The number of nitrogens with zero attached hydrogens (tertiary/aromatic N) is 4. The fraction of sp³-hybridized carbons (Fsp3) is 0.250. The van der Waals surface area contributed by atoms with Crippen LogP contribution in [0.1, 0.15) is 33.3 Å². The van der Waals surface area contributed by atoms with Gasteiger partial charge < -0.3 is 19.9 Å². The lowest BCUT2D eigenvalue weighted by molar-refractivity contribution is 0.102. The Bertz CT molecular complexity index is 1150. The van der Waals surface area contributed by atoms with Crippen molar-refractivity contribution in [2.24, 2.45) is 0 Å². The van der Waals surface area contributed by atoms with Crippen LogP contribution in [0, 0.1) is 11.3 Å². The minimum absolute atomic E-state index is 0.214. The number of aromatic nitrogens is 3. The quantitative estimate of drug-likeness (QED) is 0.382. The predicted octanol–water partition coefficient (Wildman–Crippen LogP) is 3.21. The zero-order valence-electron chi connectivity index (χ0n) is 16.4. The number of fused-ring (bicyclic) bond motifs is 1. The summed E-state index contributed by atoms with van der Waals surface area (Å²) < 4.78 is 7.44. The van der Waals surface area contributed by atoms with Crippen LogP contribution in [0.25, 0.3) is 11.0 Å². The number of carbonyl (C=O) groups is 2. The highest BCUT2D eigenvalue weighted by Gasteiger charge is 2.19. The maximum Gasteiger partial charge on any atom is 0.260 e. The Morgan fingerprint density at radius 3 is 2.90 bits per heavy atom. The van der Waals surface area contributed by atoms with Gasteiger partial charge in [0.25, 0.3) is 5.91 Å². The van der Waals surface area contributed by atoms with Crippen LogP contribution in [0.5, 0.6) is 0 Å². The van der Waals surface area contributed by atoms with Gasteiger partial charge >= 0.3 is 0 Å². The van der Waals surface area contributed by atoms with Crippen molar-refractivity contribution in [1.82, 2.24) is 14.5 Å². The first-order chi connectivity index (χ1) is 14.5. The zero-order chi connectivity index (χ0) is 21.7. The Kier molecular flexibility index (Phi) is 6.76. The highest BCUT2D eigenvalue weighted by atomic mass is 79.9. The van der Waals surface area contributed by atoms with Crippen molar-refractivity contribution in [3.63, 3.8) is 0 Å². The van der Waals surface area contributed by atoms with Crippen LogP contribution >= 0.6 is 15.9 Å². The molecule has 0 spiro atoms. The van der Waals surface area contributed by atoms with Gasteiger partial charge in [-0.15, -0.1) is 0 Å². The van der Waals surface area contributed by atoms with Crippen LogP contribution in [-0.2, 0) is 11.3 Å². The maximum absolute atomic E-state index is 13.0. The molecule has 9 nitrogen and oxygen atoms in total. The van der Waals surface area contributed by atoms with Crippen LogP contribution in [0.4, 0.5) is 11.5 Å². The molecule has 0 atom stereocenters. The van der Waals surface area contributed by atoms with Crippen LogP contribution < -0.4 is 10.6 Å². The monoisotopic (exact) mass is 470 g/mol. The number of hydrogen-bond acceptors (Lipinski definition) is 7. The molecule has 1 amide bonds. The molecule has 10 heteroatoms. The number of amides is 1. The van der Waals surface area contributed by atoms with Gasteiger partial charge in [-0.05, 0) is 28.9 Å². The summed E-state index contributed by atoms with van der Waals surface area (Å²) in [5.41, 5.74) is 2.59. The molecule has 0 aromatic carbocycles. The molecule has 30 heavy (non-hydrogen) atoms. The van der Waals surface area contributed by atoms with Gasteiger partial charge in [0.1, 0.15) is 23.1 Å². The van der Waals surface area contributed by atoms with E-state index >= 15 is 0 Å². The van der Waals surface area contributed by atoms with Crippen LogP contribution in [0.15, 0.2) is 29.0 Å². The number of rotatable bonds is 8. The largest absolute Gasteiger partial charge is 0.383 e. The van der Waals surface area contributed by atoms with E-state index in [2.05, 4.69) is 42.6 Å². The number of hydrogen-bond donors (Lipinski definition) is 2. The van der Waals surface area contributed by atoms with Gasteiger partial charge in [0, 0.05) is 43.1 Å². The van der Waals surface area contributed by atoms with E-state index in [9.17, 15) is 14.9 Å². The normalized spacial score (nSPS) is 10.6. The average molecular weight is 471 g/mol. The third-order valence-electron chi connectivity index (χ3n) is 4.42. The molecular weight excluding hydrogens is 452 g/mol. The molecule has 0 unspecified atom stereocenters. The van der Waals surface area contributed by atoms with Gasteiger partial charge in [0.2, 0.25) is 0 Å². The van der Waals surface area contributed by atoms with Crippen LogP contribution in [-0.4, -0.2) is 47.0 Å². The molecule has 0 radical (unpaired) electrons. The molecule has 3 rings (SSSR count). The molecule has 0 fully saturated rings. The van der Waals surface area contributed by atoms with E-state index in [0.717, 1.165) is 5.52 Å². The zero-order valence-corrected chi connectivity index (χ0v) is 18.0. The summed E-state index contributed by atoms with van der Waals surface area (Å²) in [5.74, 6) is -0.136. The Hall–Kier alpha value is -3.29. The average Bonchev–Trinajstić information content (AvgIpc) is 3.11. The minimum Gasteiger partial charge on any atom is -0.383 e. The lowest BCUT2D eigenvalue weighted by Gasteiger charge is -2.10. The molecule has 3 aromatic heterocycles. The second kappa shape index (κ2) is 9.47. The molecular formula is C20H19BrN6O3. The van der Waals surface area contributed by atoms with Crippen molar-refractivity contribution in [3.05, 3.63) is 45.8 Å². The third-order valence-corrected chi connectivity index (χ3v) is 5.05. The minimum atomic E-state index is -0.418. The summed E-state index contributed by atoms with van der Waals surface area (Å²) in [7, 11) is 1.58. The number of aryl methyl sites for hydroxylation is 1. The first-order valence-electron chi connectivity index (χ1n) is 9.11. The van der Waals surface area contributed by atoms with Crippen molar-refractivity contribution in [2.75, 3.05) is 30.9 Å². The number of nitriles is 1. The summed E-state index contributed by atoms with van der Waals surface area (Å²) in [4.78, 5) is 32.7. The molecule has 0 saturated carbocycles. The number of aldehydes is 1. The molecule has 0 aliphatic heterocycles. The van der Waals surface area contributed by atoms with Crippen LogP contribution in [0.2, 0.25) is 0 Å². The first-order valence-corrected chi connectivity index (χ1v) is 9.90. The lowest BCUT2D eigenvalue weighted by atomic mass is 10.2. The van der Waals surface area contributed by atoms with Gasteiger partial charge in [0.15, 0.2) is 6.29 Å². The summed E-state index contributed by atoms with van der Waals surface area (Å²) in [6, 6.07) is 5.42. The summed E-state index contributed by atoms with van der Waals surface area (Å²) >= 11 is 3.33. The Morgan fingerprint density at radius 1 is 1.43 bits per heavy atom. The second-order valence-electron chi connectivity index (χ2n) is 6.27. The number of methoxy groups -OCH3 is 1. The lowest BCUT2D eigenvalue weighted by Crippen LogP contribution is -2.14. The summed E-state index contributed by atoms with van der Waals surface area (Å²) in [6.07, 6.45) is 3.71. The van der Waals surface area contributed by atoms with Crippen molar-refractivity contribution >= 4 is 50.7 Å². The number of ether oxygens (including phenoxy) is 1. The van der Waals surface area contributed by atoms with Crippen molar-refractivity contribution in [3.8, 4) is 6.07 Å². The van der Waals surface area contributed by atoms with E-state index in [0.29, 0.717) is 52.8 Å². The smallest absolute Gasteiger partial charge is 0.260 e. The second-order valence-corrected chi connectivity index (χ2v) is 7.12. The molecule has 3 aromatic rings. The maximum atomic E-state index is 13.0. The van der Waals surface area contributed by atoms with Crippen molar-refractivity contribution in [2.45, 2.75) is 13.5 Å². The Labute approximate surface area is 181 Å². The SMILES string of the molecule is CCn1cc(C(=O)Nc2cc(NCCOC)c(C#N)cn2)c2nc(C=O)c(Br)cc21. The predicted molar refractivity (Wildman–Crippen MR) is 116 cm³/mol. The molecule has 0 aliphatic rings. The topological polar surface area (TPSA) is 122 Å². The van der Waals surface area contributed by atoms with Crippen LogP contribution in [0.3, 0.4) is 0 Å². The van der Waals surface area contributed by atoms with E-state index in [1.54, 1.807) is 25.4 Å². The molecule has 154 valence electrons. The van der Waals surface area contributed by atoms with Gasteiger partial charge in [-0.25, -0.2) is 9.97 Å². The highest BCUT2D eigenvalue weighted by Crippen LogP contribution is 2.26. The molecule has 0 bridgehead atoms. The van der Waals surface area contributed by atoms with Crippen molar-refractivity contribution < 1.29 is 14.3 Å². The van der Waals surface area contributed by atoms with Gasteiger partial charge in [-0.3, -0.25) is 9.59 Å². The molecule has 2 N–H and O–H groups in total. The van der Waals surface area contributed by atoms with E-state index in [1.165, 1.54) is 6.20 Å². The standard InChI is InChI=1S/C20H19BrN6O3/c1-3-27-10-13(19-17(27)6-14(21)16(11-28)25-19)20(29)26-18-7-15(23-4-5-30-2)12(8-22)9-24-18/h6-7,9-11H,3-5H2,1-2H3,(H2,23,24,26,29). The number of nitrogens with one attached hydrogen (secondary N) is 2. The first kappa shape index (κ1) is 21.4. The van der Waals surface area contributed by atoms with E-state index < -0.39 is 5.91 Å². The van der Waals surface area contributed by atoms with Gasteiger partial charge in [-0.2, -0.15) is 5.26 Å². The van der Waals surface area contributed by atoms with E-state index in [-0.39, 0.29) is 11.5 Å². The van der Waals surface area contributed by atoms with E-state index in [4.69, 9.17) is 4.74 Å². The Morgan fingerprint density at radius 2 is 2.23 bits per heavy atom. The number of pyridine rings is 2. The highest BCUT2D eigenvalue weighted by molar-refractivity contribution is 9.10. The fourth-order valence-electron chi connectivity index (χ4n) is 2.94. The Balaban J connectivity index is 1.94. The van der Waals surface area contributed by atoms with Gasteiger partial charge in [-0.1, -0.05) is 0 Å². The number of carbonyl (C=O) groups excluding carboxylic acids is 2.